The number of hydrogen-bond donors (Lipinski definition) is 0. The summed E-state index contributed by atoms with van der Waals surface area (Å²) < 4.78 is 4.78. The van der Waals surface area contributed by atoms with Gasteiger partial charge in [0.2, 0.25) is 0 Å². The Morgan fingerprint density at radius 2 is 0.837 bits per heavy atom. The van der Waals surface area contributed by atoms with Gasteiger partial charge in [0.1, 0.15) is 5.82 Å². The highest BCUT2D eigenvalue weighted by Crippen LogP contribution is 2.57. The number of nitrogens with zero attached hydrogens (tertiary/aromatic N) is 7. The highest BCUT2D eigenvalue weighted by atomic mass is 15.1. The summed E-state index contributed by atoms with van der Waals surface area (Å²) in [5.41, 5.74) is 23.6. The van der Waals surface area contributed by atoms with Crippen LogP contribution in [0.3, 0.4) is 0 Å². The van der Waals surface area contributed by atoms with Gasteiger partial charge in [-0.3, -0.25) is 4.57 Å². The van der Waals surface area contributed by atoms with E-state index in [0.29, 0.717) is 23.3 Å². The van der Waals surface area contributed by atoms with Gasteiger partial charge in [0, 0.05) is 71.9 Å². The molecule has 2 aliphatic rings. The summed E-state index contributed by atoms with van der Waals surface area (Å²) in [6, 6.07) is 93.4. The maximum atomic E-state index is 5.37. The maximum absolute atomic E-state index is 5.37. The van der Waals surface area contributed by atoms with Gasteiger partial charge in [0.25, 0.3) is 0 Å². The maximum Gasteiger partial charge on any atom is 0.164 e. The number of para-hydroxylation sites is 2. The van der Waals surface area contributed by atoms with E-state index in [2.05, 4.69) is 255 Å². The van der Waals surface area contributed by atoms with E-state index in [-0.39, 0.29) is 10.8 Å². The molecule has 7 heteroatoms. The molecule has 0 radical (unpaired) electrons. The fourth-order valence-corrected chi connectivity index (χ4v) is 14.3. The van der Waals surface area contributed by atoms with Crippen molar-refractivity contribution in [2.24, 2.45) is 0 Å². The Hall–Kier alpha value is -10.9. The highest BCUT2D eigenvalue weighted by molar-refractivity contribution is 6.15. The van der Waals surface area contributed by atoms with Gasteiger partial charge in [-0.05, 0) is 104 Å². The van der Waals surface area contributed by atoms with Gasteiger partial charge < -0.3 is 4.57 Å². The molecular weight excluding hydrogens is 1050 g/mol. The minimum atomic E-state index is -0.344. The molecule has 4 heterocycles. The molecule has 0 atom stereocenters. The van der Waals surface area contributed by atoms with Crippen LogP contribution in [0.2, 0.25) is 0 Å². The zero-order valence-corrected chi connectivity index (χ0v) is 48.0. The molecule has 0 unspecified atom stereocenters. The lowest BCUT2D eigenvalue weighted by atomic mass is 9.79. The second-order valence-corrected chi connectivity index (χ2v) is 24.0. The van der Waals surface area contributed by atoms with Crippen molar-refractivity contribution in [1.29, 1.82) is 0 Å². The molecule has 17 rings (SSSR count). The van der Waals surface area contributed by atoms with Crippen LogP contribution < -0.4 is 0 Å². The van der Waals surface area contributed by atoms with E-state index in [1.807, 2.05) is 42.5 Å². The van der Waals surface area contributed by atoms with Crippen LogP contribution in [0.5, 0.6) is 0 Å². The minimum Gasteiger partial charge on any atom is -0.309 e. The van der Waals surface area contributed by atoms with E-state index >= 15 is 0 Å². The lowest BCUT2D eigenvalue weighted by Gasteiger charge is -2.24. The van der Waals surface area contributed by atoms with Crippen LogP contribution in [0, 0.1) is 0 Å². The summed E-state index contributed by atoms with van der Waals surface area (Å²) in [4.78, 5) is 25.8. The Kier molecular flexibility index (Phi) is 10.9. The Balaban J connectivity index is 0.789. The number of aromatic nitrogens is 7. The molecule has 0 fully saturated rings. The topological polar surface area (TPSA) is 74.3 Å². The standard InChI is InChI=1S/C79H55N7/c1-78(2)62-36-22-35-55(71(62)61-45-60-57-33-17-19-37-66(57)85(69(60)46-64(61)78)54-32-21-31-53(43-54)77-83-75(50-27-13-7-14-28-50)82-76(84-77)51-29-15-8-16-30-51)52-39-40-56-58-41-42-68-72(73(58)79(3,4)63(56)44-52)59-34-18-20-38-67(59)86(68)70-47-65(48-23-9-5-10-24-48)80-74(81-70)49-25-11-6-12-26-49/h5-47H,1-4H3. The summed E-state index contributed by atoms with van der Waals surface area (Å²) in [6.07, 6.45) is 0. The number of hydrogen-bond acceptors (Lipinski definition) is 5. The van der Waals surface area contributed by atoms with Crippen LogP contribution in [-0.4, -0.2) is 34.1 Å². The average molecular weight is 1100 g/mol. The smallest absolute Gasteiger partial charge is 0.164 e. The van der Waals surface area contributed by atoms with Crippen LogP contribution in [0.15, 0.2) is 261 Å². The Labute approximate surface area is 498 Å². The molecule has 11 aromatic carbocycles. The fourth-order valence-electron chi connectivity index (χ4n) is 14.3. The molecule has 0 N–H and O–H groups in total. The van der Waals surface area contributed by atoms with Crippen LogP contribution in [-0.2, 0) is 10.8 Å². The van der Waals surface area contributed by atoms with E-state index in [4.69, 9.17) is 24.9 Å². The van der Waals surface area contributed by atoms with Crippen molar-refractivity contribution >= 4 is 43.6 Å². The molecule has 0 saturated heterocycles. The second-order valence-electron chi connectivity index (χ2n) is 24.0. The molecule has 86 heavy (non-hydrogen) atoms. The van der Waals surface area contributed by atoms with Crippen molar-refractivity contribution in [2.75, 3.05) is 0 Å². The summed E-state index contributed by atoms with van der Waals surface area (Å²) in [6.45, 7) is 9.63. The lowest BCUT2D eigenvalue weighted by molar-refractivity contribution is 0.661. The van der Waals surface area contributed by atoms with E-state index < -0.39 is 0 Å². The quantitative estimate of drug-likeness (QED) is 0.152. The van der Waals surface area contributed by atoms with Crippen LogP contribution in [0.4, 0.5) is 0 Å². The third-order valence-electron chi connectivity index (χ3n) is 18.4. The molecule has 0 spiro atoms. The van der Waals surface area contributed by atoms with Crippen molar-refractivity contribution in [3.05, 3.63) is 283 Å². The van der Waals surface area contributed by atoms with Gasteiger partial charge >= 0.3 is 0 Å². The molecule has 0 amide bonds. The fraction of sp³-hybridized carbons (Fsp3) is 0.0759. The molecule has 2 aliphatic carbocycles. The first-order valence-corrected chi connectivity index (χ1v) is 29.6. The number of fused-ring (bicyclic) bond motifs is 13. The zero-order chi connectivity index (χ0) is 57.4. The van der Waals surface area contributed by atoms with Gasteiger partial charge in [-0.1, -0.05) is 234 Å². The van der Waals surface area contributed by atoms with Gasteiger partial charge in [-0.25, -0.2) is 24.9 Å². The molecular formula is C79H55N7. The molecule has 15 aromatic rings. The molecule has 7 nitrogen and oxygen atoms in total. The Morgan fingerprint density at radius 3 is 1.51 bits per heavy atom. The summed E-state index contributed by atoms with van der Waals surface area (Å²) in [5, 5.41) is 4.88. The minimum absolute atomic E-state index is 0.288. The van der Waals surface area contributed by atoms with E-state index in [1.54, 1.807) is 0 Å². The summed E-state index contributed by atoms with van der Waals surface area (Å²) in [7, 11) is 0. The van der Waals surface area contributed by atoms with Crippen LogP contribution in [0.1, 0.15) is 49.9 Å². The Bertz CT molecular complexity index is 5160. The van der Waals surface area contributed by atoms with E-state index in [1.165, 1.54) is 77.2 Å². The van der Waals surface area contributed by atoms with Crippen molar-refractivity contribution in [1.82, 2.24) is 34.1 Å². The first-order chi connectivity index (χ1) is 42.2. The van der Waals surface area contributed by atoms with Crippen molar-refractivity contribution in [2.45, 2.75) is 38.5 Å². The van der Waals surface area contributed by atoms with Crippen molar-refractivity contribution < 1.29 is 0 Å². The first-order valence-electron chi connectivity index (χ1n) is 29.6. The average Bonchev–Trinajstić information content (AvgIpc) is 1.79. The second kappa shape index (κ2) is 18.8. The first kappa shape index (κ1) is 49.7. The Morgan fingerprint density at radius 1 is 0.291 bits per heavy atom. The monoisotopic (exact) mass is 1100 g/mol. The highest BCUT2D eigenvalue weighted by Gasteiger charge is 2.41. The van der Waals surface area contributed by atoms with E-state index in [9.17, 15) is 0 Å². The molecule has 0 aliphatic heterocycles. The summed E-state index contributed by atoms with van der Waals surface area (Å²) >= 11 is 0. The molecule has 4 aromatic heterocycles. The summed E-state index contributed by atoms with van der Waals surface area (Å²) in [5.74, 6) is 3.43. The van der Waals surface area contributed by atoms with Crippen LogP contribution >= 0.6 is 0 Å². The lowest BCUT2D eigenvalue weighted by Crippen LogP contribution is -2.16. The third kappa shape index (κ3) is 7.50. The molecule has 0 bridgehead atoms. The van der Waals surface area contributed by atoms with Crippen molar-refractivity contribution in [3.8, 4) is 102 Å². The predicted molar refractivity (Wildman–Crippen MR) is 352 cm³/mol. The third-order valence-corrected chi connectivity index (χ3v) is 18.4. The SMILES string of the molecule is CC1(C)c2cc3c(cc2-c2c(-c4ccc5c(c4)C(C)(C)c4c-5ccc5c4c4ccccc4n5-c4cc(-c5ccccc5)nc(-c5ccccc5)n4)cccc21)c1ccccc1n3-c1cccc(-c2nc(-c3ccccc3)nc(-c3ccccc3)n2)c1. The number of benzene rings is 11. The normalized spacial score (nSPS) is 13.5. The molecule has 406 valence electrons. The largest absolute Gasteiger partial charge is 0.309 e. The molecule has 0 saturated carbocycles. The predicted octanol–water partition coefficient (Wildman–Crippen LogP) is 19.5. The van der Waals surface area contributed by atoms with Crippen molar-refractivity contribution in [3.63, 3.8) is 0 Å². The zero-order valence-electron chi connectivity index (χ0n) is 48.0. The van der Waals surface area contributed by atoms with E-state index in [0.717, 1.165) is 67.1 Å². The number of rotatable bonds is 8. The van der Waals surface area contributed by atoms with Gasteiger partial charge in [-0.2, -0.15) is 0 Å². The van der Waals surface area contributed by atoms with Gasteiger partial charge in [0.15, 0.2) is 23.3 Å². The van der Waals surface area contributed by atoms with Gasteiger partial charge in [-0.15, -0.1) is 0 Å². The van der Waals surface area contributed by atoms with Crippen LogP contribution in [0.25, 0.3) is 145 Å². The van der Waals surface area contributed by atoms with Gasteiger partial charge in [0.05, 0.1) is 27.8 Å².